The van der Waals surface area contributed by atoms with Crippen LogP contribution in [0.3, 0.4) is 0 Å². The molecule has 3 heteroatoms. The zero-order chi connectivity index (χ0) is 8.10. The minimum Gasteiger partial charge on any atom is -0.329 e. The molecule has 0 aromatic rings. The normalized spacial score (nSPS) is 27.3. The van der Waals surface area contributed by atoms with Gasteiger partial charge in [0, 0.05) is 12.6 Å². The lowest BCUT2D eigenvalue weighted by Crippen LogP contribution is -2.36. The lowest BCUT2D eigenvalue weighted by Gasteiger charge is -2.14. The molecule has 66 valence electrons. The summed E-state index contributed by atoms with van der Waals surface area (Å²) in [5, 5.41) is 3.44. The van der Waals surface area contributed by atoms with E-state index >= 15 is 0 Å². The molecule has 0 radical (unpaired) electrons. The lowest BCUT2D eigenvalue weighted by molar-refractivity contribution is 0.472. The Kier molecular flexibility index (Phi) is 4.26. The van der Waals surface area contributed by atoms with Crippen molar-refractivity contribution in [3.05, 3.63) is 0 Å². The van der Waals surface area contributed by atoms with Gasteiger partial charge in [-0.3, -0.25) is 0 Å². The first-order valence-electron chi connectivity index (χ1n) is 4.34. The molecule has 0 aromatic heterocycles. The quantitative estimate of drug-likeness (QED) is 0.658. The molecule has 3 N–H and O–H groups in total. The first-order chi connectivity index (χ1) is 5.33. The van der Waals surface area contributed by atoms with E-state index in [1.807, 2.05) is 0 Å². The van der Waals surface area contributed by atoms with Gasteiger partial charge in [0.15, 0.2) is 0 Å². The van der Waals surface area contributed by atoms with Gasteiger partial charge in [-0.2, -0.15) is 11.8 Å². The van der Waals surface area contributed by atoms with Crippen molar-refractivity contribution < 1.29 is 0 Å². The van der Waals surface area contributed by atoms with Crippen LogP contribution in [0.15, 0.2) is 0 Å². The molecule has 0 aliphatic carbocycles. The van der Waals surface area contributed by atoms with Gasteiger partial charge in [-0.1, -0.05) is 0 Å². The van der Waals surface area contributed by atoms with Gasteiger partial charge in [0.05, 0.1) is 0 Å². The van der Waals surface area contributed by atoms with Crippen molar-refractivity contribution in [2.45, 2.75) is 19.4 Å². The Morgan fingerprint density at radius 1 is 1.73 bits per heavy atom. The fourth-order valence-electron chi connectivity index (χ4n) is 1.20. The van der Waals surface area contributed by atoms with Crippen LogP contribution in [0.2, 0.25) is 0 Å². The maximum atomic E-state index is 5.49. The van der Waals surface area contributed by atoms with E-state index in [0.29, 0.717) is 6.04 Å². The molecule has 1 saturated heterocycles. The largest absolute Gasteiger partial charge is 0.329 e. The van der Waals surface area contributed by atoms with Crippen LogP contribution < -0.4 is 11.1 Å². The van der Waals surface area contributed by atoms with E-state index < -0.39 is 0 Å². The summed E-state index contributed by atoms with van der Waals surface area (Å²) in [6, 6.07) is 0.487. The second kappa shape index (κ2) is 5.01. The zero-order valence-corrected chi connectivity index (χ0v) is 7.99. The highest BCUT2D eigenvalue weighted by Crippen LogP contribution is 2.22. The van der Waals surface area contributed by atoms with Gasteiger partial charge < -0.3 is 11.1 Å². The van der Waals surface area contributed by atoms with Crippen LogP contribution in [0.1, 0.15) is 13.3 Å². The molecule has 11 heavy (non-hydrogen) atoms. The molecule has 1 aliphatic rings. The van der Waals surface area contributed by atoms with E-state index in [9.17, 15) is 0 Å². The molecule has 2 unspecified atom stereocenters. The second-order valence-corrected chi connectivity index (χ2v) is 4.42. The summed E-state index contributed by atoms with van der Waals surface area (Å²) in [7, 11) is 0. The maximum absolute atomic E-state index is 5.49. The SMILES string of the molecule is CC(CN)NCC1CCSC1. The average Bonchev–Trinajstić information content (AvgIpc) is 2.52. The Bertz CT molecular complexity index is 102. The molecule has 0 bridgehead atoms. The van der Waals surface area contributed by atoms with Crippen LogP contribution in [0.5, 0.6) is 0 Å². The van der Waals surface area contributed by atoms with Crippen molar-refractivity contribution in [2.75, 3.05) is 24.6 Å². The fourth-order valence-corrected chi connectivity index (χ4v) is 2.48. The van der Waals surface area contributed by atoms with Gasteiger partial charge in [-0.15, -0.1) is 0 Å². The molecule has 2 nitrogen and oxygen atoms in total. The van der Waals surface area contributed by atoms with Crippen molar-refractivity contribution in [2.24, 2.45) is 11.7 Å². The third-order valence-electron chi connectivity index (χ3n) is 2.13. The zero-order valence-electron chi connectivity index (χ0n) is 7.18. The van der Waals surface area contributed by atoms with Crippen LogP contribution in [-0.4, -0.2) is 30.6 Å². The molecule has 2 atom stereocenters. The predicted molar refractivity (Wildman–Crippen MR) is 52.0 cm³/mol. The van der Waals surface area contributed by atoms with E-state index in [0.717, 1.165) is 19.0 Å². The van der Waals surface area contributed by atoms with Crippen molar-refractivity contribution >= 4 is 11.8 Å². The first-order valence-corrected chi connectivity index (χ1v) is 5.49. The summed E-state index contributed by atoms with van der Waals surface area (Å²) in [5.41, 5.74) is 5.49. The highest BCUT2D eigenvalue weighted by atomic mass is 32.2. The second-order valence-electron chi connectivity index (χ2n) is 3.27. The monoisotopic (exact) mass is 174 g/mol. The molecule has 0 spiro atoms. The van der Waals surface area contributed by atoms with Crippen LogP contribution >= 0.6 is 11.8 Å². The summed E-state index contributed by atoms with van der Waals surface area (Å²) in [6.45, 7) is 4.05. The van der Waals surface area contributed by atoms with Crippen LogP contribution in [0.25, 0.3) is 0 Å². The molecule has 0 saturated carbocycles. The first kappa shape index (κ1) is 9.36. The number of rotatable bonds is 4. The fraction of sp³-hybridized carbons (Fsp3) is 1.00. The number of nitrogens with one attached hydrogen (secondary N) is 1. The minimum atomic E-state index is 0.487. The third-order valence-corrected chi connectivity index (χ3v) is 3.36. The Morgan fingerprint density at radius 2 is 2.55 bits per heavy atom. The molecular weight excluding hydrogens is 156 g/mol. The Balaban J connectivity index is 2.01. The molecule has 1 fully saturated rings. The summed E-state index contributed by atoms with van der Waals surface area (Å²) in [5.74, 6) is 3.59. The highest BCUT2D eigenvalue weighted by Gasteiger charge is 2.15. The van der Waals surface area contributed by atoms with E-state index in [4.69, 9.17) is 5.73 Å². The Morgan fingerprint density at radius 3 is 3.09 bits per heavy atom. The van der Waals surface area contributed by atoms with Gasteiger partial charge in [0.2, 0.25) is 0 Å². The topological polar surface area (TPSA) is 38.0 Å². The average molecular weight is 174 g/mol. The maximum Gasteiger partial charge on any atom is 0.0162 e. The number of hydrogen-bond donors (Lipinski definition) is 2. The van der Waals surface area contributed by atoms with Crippen molar-refractivity contribution in [3.63, 3.8) is 0 Å². The van der Waals surface area contributed by atoms with Crippen molar-refractivity contribution in [1.82, 2.24) is 5.32 Å². The Hall–Kier alpha value is 0.270. The number of thioether (sulfide) groups is 1. The van der Waals surface area contributed by atoms with E-state index in [1.165, 1.54) is 17.9 Å². The van der Waals surface area contributed by atoms with Crippen LogP contribution in [0, 0.1) is 5.92 Å². The van der Waals surface area contributed by atoms with E-state index in [2.05, 4.69) is 24.0 Å². The van der Waals surface area contributed by atoms with E-state index in [-0.39, 0.29) is 0 Å². The Labute approximate surface area is 73.3 Å². The van der Waals surface area contributed by atoms with Gasteiger partial charge in [-0.05, 0) is 37.3 Å². The molecule has 1 aliphatic heterocycles. The summed E-state index contributed by atoms with van der Waals surface area (Å²) in [6.07, 6.45) is 1.38. The highest BCUT2D eigenvalue weighted by molar-refractivity contribution is 7.99. The van der Waals surface area contributed by atoms with Crippen molar-refractivity contribution in [3.8, 4) is 0 Å². The minimum absolute atomic E-state index is 0.487. The van der Waals surface area contributed by atoms with Crippen molar-refractivity contribution in [1.29, 1.82) is 0 Å². The van der Waals surface area contributed by atoms with Gasteiger partial charge in [-0.25, -0.2) is 0 Å². The predicted octanol–water partition coefficient (Wildman–Crippen LogP) is 0.676. The van der Waals surface area contributed by atoms with Crippen LogP contribution in [0.4, 0.5) is 0 Å². The smallest absolute Gasteiger partial charge is 0.0162 e. The summed E-state index contributed by atoms with van der Waals surface area (Å²) < 4.78 is 0. The van der Waals surface area contributed by atoms with Gasteiger partial charge in [0.1, 0.15) is 0 Å². The van der Waals surface area contributed by atoms with Gasteiger partial charge in [0.25, 0.3) is 0 Å². The summed E-state index contributed by atoms with van der Waals surface area (Å²) in [4.78, 5) is 0. The van der Waals surface area contributed by atoms with E-state index in [1.54, 1.807) is 0 Å². The molecule has 1 heterocycles. The molecule has 0 aromatic carbocycles. The standard InChI is InChI=1S/C8H18N2S/c1-7(4-9)10-5-8-2-3-11-6-8/h7-8,10H,2-6,9H2,1H3. The summed E-state index contributed by atoms with van der Waals surface area (Å²) >= 11 is 2.07. The van der Waals surface area contributed by atoms with Crippen LogP contribution in [-0.2, 0) is 0 Å². The third kappa shape index (κ3) is 3.45. The van der Waals surface area contributed by atoms with Gasteiger partial charge >= 0.3 is 0 Å². The molecular formula is C8H18N2S. The molecule has 0 amide bonds. The number of nitrogens with two attached hydrogens (primary N) is 1. The molecule has 1 rings (SSSR count). The lowest BCUT2D eigenvalue weighted by atomic mass is 10.1. The number of hydrogen-bond acceptors (Lipinski definition) is 3.